The van der Waals surface area contributed by atoms with Crippen molar-refractivity contribution in [3.63, 3.8) is 0 Å². The number of nitrogens with one attached hydrogen (secondary N) is 2. The minimum Gasteiger partial charge on any atom is -0.495 e. The largest absolute Gasteiger partial charge is 0.495 e. The van der Waals surface area contributed by atoms with E-state index in [9.17, 15) is 4.79 Å². The molecule has 6 heteroatoms. The van der Waals surface area contributed by atoms with Crippen LogP contribution in [0.5, 0.6) is 5.75 Å². The molecule has 0 saturated carbocycles. The lowest BCUT2D eigenvalue weighted by atomic mass is 10.2. The standard InChI is InChI=1S/C16H20N4O2/c1-11(2)9-17-15-8-13(18-10-19-15)16(21)20-12-6-4-5-7-14(12)22-3/h4-8,10-11H,9H2,1-3H3,(H,20,21)(H,17,18,19). The highest BCUT2D eigenvalue weighted by atomic mass is 16.5. The van der Waals surface area contributed by atoms with Crippen molar-refractivity contribution in [2.75, 3.05) is 24.3 Å². The van der Waals surface area contributed by atoms with Crippen molar-refractivity contribution in [3.05, 3.63) is 42.4 Å². The van der Waals surface area contributed by atoms with Gasteiger partial charge in [0.1, 0.15) is 23.6 Å². The summed E-state index contributed by atoms with van der Waals surface area (Å²) in [5.74, 6) is 1.41. The molecule has 6 nitrogen and oxygen atoms in total. The van der Waals surface area contributed by atoms with E-state index in [1.807, 2.05) is 12.1 Å². The fourth-order valence-corrected chi connectivity index (χ4v) is 1.82. The number of amides is 1. The van der Waals surface area contributed by atoms with Crippen molar-refractivity contribution < 1.29 is 9.53 Å². The summed E-state index contributed by atoms with van der Waals surface area (Å²) in [6.45, 7) is 4.98. The van der Waals surface area contributed by atoms with Gasteiger partial charge in [-0.05, 0) is 18.1 Å². The third-order valence-electron chi connectivity index (χ3n) is 2.95. The first-order valence-corrected chi connectivity index (χ1v) is 7.10. The van der Waals surface area contributed by atoms with Crippen LogP contribution >= 0.6 is 0 Å². The van der Waals surface area contributed by atoms with Crippen LogP contribution in [0.2, 0.25) is 0 Å². The summed E-state index contributed by atoms with van der Waals surface area (Å²) in [6.07, 6.45) is 1.37. The number of benzene rings is 1. The Balaban J connectivity index is 2.11. The maximum Gasteiger partial charge on any atom is 0.274 e. The molecule has 1 amide bonds. The molecule has 1 aromatic carbocycles. The van der Waals surface area contributed by atoms with Gasteiger partial charge in [-0.3, -0.25) is 4.79 Å². The lowest BCUT2D eigenvalue weighted by Gasteiger charge is -2.11. The molecule has 1 aromatic heterocycles. The van der Waals surface area contributed by atoms with Gasteiger partial charge in [-0.15, -0.1) is 0 Å². The summed E-state index contributed by atoms with van der Waals surface area (Å²) in [4.78, 5) is 20.4. The molecule has 0 saturated heterocycles. The van der Waals surface area contributed by atoms with E-state index in [2.05, 4.69) is 34.4 Å². The summed E-state index contributed by atoms with van der Waals surface area (Å²) >= 11 is 0. The zero-order chi connectivity index (χ0) is 15.9. The van der Waals surface area contributed by atoms with E-state index < -0.39 is 0 Å². The van der Waals surface area contributed by atoms with Crippen LogP contribution in [0.25, 0.3) is 0 Å². The van der Waals surface area contributed by atoms with Gasteiger partial charge in [-0.2, -0.15) is 0 Å². The second-order valence-electron chi connectivity index (χ2n) is 5.22. The minimum atomic E-state index is -0.306. The van der Waals surface area contributed by atoms with E-state index in [1.165, 1.54) is 6.33 Å². The Morgan fingerprint density at radius 1 is 1.27 bits per heavy atom. The molecule has 22 heavy (non-hydrogen) atoms. The van der Waals surface area contributed by atoms with E-state index in [-0.39, 0.29) is 5.91 Å². The third kappa shape index (κ3) is 4.18. The smallest absolute Gasteiger partial charge is 0.274 e. The van der Waals surface area contributed by atoms with E-state index in [1.54, 1.807) is 25.3 Å². The summed E-state index contributed by atoms with van der Waals surface area (Å²) in [6, 6.07) is 8.86. The number of para-hydroxylation sites is 2. The van der Waals surface area contributed by atoms with Crippen molar-refractivity contribution in [1.82, 2.24) is 9.97 Å². The van der Waals surface area contributed by atoms with E-state index in [0.29, 0.717) is 28.9 Å². The van der Waals surface area contributed by atoms with Gasteiger partial charge in [0, 0.05) is 12.6 Å². The second-order valence-corrected chi connectivity index (χ2v) is 5.22. The van der Waals surface area contributed by atoms with Crippen LogP contribution in [-0.4, -0.2) is 29.5 Å². The summed E-state index contributed by atoms with van der Waals surface area (Å²) in [7, 11) is 1.56. The number of hydrogen-bond donors (Lipinski definition) is 2. The SMILES string of the molecule is COc1ccccc1NC(=O)c1cc(NCC(C)C)ncn1. The summed E-state index contributed by atoms with van der Waals surface area (Å²) in [5, 5.41) is 5.96. The molecule has 0 radical (unpaired) electrons. The molecule has 2 aromatic rings. The highest BCUT2D eigenvalue weighted by Gasteiger charge is 2.11. The first kappa shape index (κ1) is 15.8. The van der Waals surface area contributed by atoms with Gasteiger partial charge in [-0.25, -0.2) is 9.97 Å². The van der Waals surface area contributed by atoms with E-state index in [0.717, 1.165) is 6.54 Å². The molecular formula is C16H20N4O2. The predicted octanol–water partition coefficient (Wildman–Crippen LogP) is 2.81. The number of carbonyl (C=O) groups is 1. The van der Waals surface area contributed by atoms with Crippen molar-refractivity contribution >= 4 is 17.4 Å². The van der Waals surface area contributed by atoms with Crippen LogP contribution in [-0.2, 0) is 0 Å². The highest BCUT2D eigenvalue weighted by molar-refractivity contribution is 6.04. The fraction of sp³-hybridized carbons (Fsp3) is 0.312. The molecule has 0 spiro atoms. The molecule has 0 bridgehead atoms. The predicted molar refractivity (Wildman–Crippen MR) is 86.3 cm³/mol. The number of aromatic nitrogens is 2. The lowest BCUT2D eigenvalue weighted by molar-refractivity contribution is 0.102. The van der Waals surface area contributed by atoms with Crippen molar-refractivity contribution in [2.24, 2.45) is 5.92 Å². The molecule has 2 N–H and O–H groups in total. The van der Waals surface area contributed by atoms with Crippen LogP contribution in [0.4, 0.5) is 11.5 Å². The number of methoxy groups -OCH3 is 1. The number of rotatable bonds is 6. The third-order valence-corrected chi connectivity index (χ3v) is 2.95. The number of ether oxygens (including phenoxy) is 1. The zero-order valence-corrected chi connectivity index (χ0v) is 13.0. The normalized spacial score (nSPS) is 10.4. The average molecular weight is 300 g/mol. The molecule has 0 fully saturated rings. The topological polar surface area (TPSA) is 76.1 Å². The van der Waals surface area contributed by atoms with Gasteiger partial charge in [0.2, 0.25) is 0 Å². The Kier molecular flexibility index (Phi) is 5.30. The Morgan fingerprint density at radius 2 is 2.05 bits per heavy atom. The van der Waals surface area contributed by atoms with Crippen molar-refractivity contribution in [1.29, 1.82) is 0 Å². The van der Waals surface area contributed by atoms with Crippen LogP contribution in [0.3, 0.4) is 0 Å². The monoisotopic (exact) mass is 300 g/mol. The average Bonchev–Trinajstić information content (AvgIpc) is 2.53. The van der Waals surface area contributed by atoms with E-state index >= 15 is 0 Å². The first-order valence-electron chi connectivity index (χ1n) is 7.10. The Bertz CT molecular complexity index is 644. The zero-order valence-electron chi connectivity index (χ0n) is 13.0. The lowest BCUT2D eigenvalue weighted by Crippen LogP contribution is -2.16. The number of anilines is 2. The Hall–Kier alpha value is -2.63. The fourth-order valence-electron chi connectivity index (χ4n) is 1.82. The molecule has 0 atom stereocenters. The van der Waals surface area contributed by atoms with Gasteiger partial charge < -0.3 is 15.4 Å². The van der Waals surface area contributed by atoms with Crippen LogP contribution in [0.1, 0.15) is 24.3 Å². The van der Waals surface area contributed by atoms with Gasteiger partial charge in [-0.1, -0.05) is 26.0 Å². The molecule has 0 aliphatic heterocycles. The second kappa shape index (κ2) is 7.40. The number of nitrogens with zero attached hydrogens (tertiary/aromatic N) is 2. The van der Waals surface area contributed by atoms with Gasteiger partial charge >= 0.3 is 0 Å². The van der Waals surface area contributed by atoms with Gasteiger partial charge in [0.15, 0.2) is 0 Å². The summed E-state index contributed by atoms with van der Waals surface area (Å²) in [5.41, 5.74) is 0.900. The first-order chi connectivity index (χ1) is 10.6. The molecule has 0 unspecified atom stereocenters. The molecule has 116 valence electrons. The molecule has 1 heterocycles. The molecule has 0 aliphatic rings. The maximum absolute atomic E-state index is 12.3. The maximum atomic E-state index is 12.3. The minimum absolute atomic E-state index is 0.298. The van der Waals surface area contributed by atoms with Gasteiger partial charge in [0.05, 0.1) is 12.8 Å². The Labute approximate surface area is 129 Å². The van der Waals surface area contributed by atoms with Crippen LogP contribution in [0, 0.1) is 5.92 Å². The number of hydrogen-bond acceptors (Lipinski definition) is 5. The number of carbonyl (C=O) groups excluding carboxylic acids is 1. The van der Waals surface area contributed by atoms with Crippen molar-refractivity contribution in [2.45, 2.75) is 13.8 Å². The van der Waals surface area contributed by atoms with Gasteiger partial charge in [0.25, 0.3) is 5.91 Å². The van der Waals surface area contributed by atoms with Crippen LogP contribution in [0.15, 0.2) is 36.7 Å². The van der Waals surface area contributed by atoms with Crippen LogP contribution < -0.4 is 15.4 Å². The van der Waals surface area contributed by atoms with Crippen molar-refractivity contribution in [3.8, 4) is 5.75 Å². The quantitative estimate of drug-likeness (QED) is 0.858. The highest BCUT2D eigenvalue weighted by Crippen LogP contribution is 2.23. The van der Waals surface area contributed by atoms with E-state index in [4.69, 9.17) is 4.74 Å². The molecular weight excluding hydrogens is 280 g/mol. The Morgan fingerprint density at radius 3 is 2.77 bits per heavy atom. The summed E-state index contributed by atoms with van der Waals surface area (Å²) < 4.78 is 5.21. The molecule has 0 aliphatic carbocycles. The molecule has 2 rings (SSSR count).